The van der Waals surface area contributed by atoms with Gasteiger partial charge in [-0.05, 0) is 47.1 Å². The Kier molecular flexibility index (Phi) is 4.01. The van der Waals surface area contributed by atoms with E-state index < -0.39 is 0 Å². The summed E-state index contributed by atoms with van der Waals surface area (Å²) in [4.78, 5) is 10.4. The molecule has 3 aromatic rings. The largest absolute Gasteiger partial charge is 0.253 e. The Balaban J connectivity index is 2.10. The molecule has 0 aliphatic heterocycles. The van der Waals surface area contributed by atoms with Crippen LogP contribution in [0.2, 0.25) is 0 Å². The second kappa shape index (κ2) is 5.76. The molecule has 20 heavy (non-hydrogen) atoms. The first kappa shape index (κ1) is 13.9. The van der Waals surface area contributed by atoms with Crippen molar-refractivity contribution in [2.45, 2.75) is 6.92 Å². The molecule has 0 N–H and O–H groups in total. The molecule has 0 saturated heterocycles. The number of pyridine rings is 1. The molecule has 0 fully saturated rings. The lowest BCUT2D eigenvalue weighted by atomic mass is 10.1. The van der Waals surface area contributed by atoms with Crippen LogP contribution in [0.25, 0.3) is 22.0 Å². The van der Waals surface area contributed by atoms with E-state index in [1.54, 1.807) is 17.5 Å². The molecule has 1 aromatic carbocycles. The topological polar surface area (TPSA) is 25.8 Å². The lowest BCUT2D eigenvalue weighted by Crippen LogP contribution is -1.84. The zero-order valence-electron chi connectivity index (χ0n) is 10.6. The Morgan fingerprint density at radius 3 is 2.65 bits per heavy atom. The highest BCUT2D eigenvalue weighted by atomic mass is 79.9. The summed E-state index contributed by atoms with van der Waals surface area (Å²) >= 11 is 8.70. The Bertz CT molecular complexity index is 768. The summed E-state index contributed by atoms with van der Waals surface area (Å²) in [5.74, 6) is 0. The van der Waals surface area contributed by atoms with Gasteiger partial charge >= 0.3 is 0 Å². The first-order valence-corrected chi connectivity index (χ1v) is 8.39. The smallest absolute Gasteiger partial charge is 0.143 e. The number of aromatic nitrogens is 2. The van der Waals surface area contributed by atoms with Gasteiger partial charge in [0.15, 0.2) is 0 Å². The third kappa shape index (κ3) is 2.71. The van der Waals surface area contributed by atoms with Crippen molar-refractivity contribution in [3.63, 3.8) is 0 Å². The van der Waals surface area contributed by atoms with Crippen LogP contribution in [0.15, 0.2) is 51.5 Å². The van der Waals surface area contributed by atoms with E-state index in [4.69, 9.17) is 4.98 Å². The third-order valence-corrected chi connectivity index (χ3v) is 4.97. The molecule has 0 saturated carbocycles. The molecule has 0 radical (unpaired) electrons. The van der Waals surface area contributed by atoms with Crippen molar-refractivity contribution in [3.8, 4) is 22.0 Å². The summed E-state index contributed by atoms with van der Waals surface area (Å²) in [7, 11) is 0. The maximum Gasteiger partial charge on any atom is 0.143 e. The number of hydrogen-bond acceptors (Lipinski definition) is 3. The molecule has 2 nitrogen and oxygen atoms in total. The van der Waals surface area contributed by atoms with E-state index in [1.165, 1.54) is 4.88 Å². The standard InChI is InChI=1S/C15H10Br2N2S/c1-9-13(10-4-2-5-11(16)8-10)19-15(20-9)14-12(17)6-3-7-18-14/h2-8H,1H3. The van der Waals surface area contributed by atoms with Crippen LogP contribution in [0.1, 0.15) is 4.88 Å². The Morgan fingerprint density at radius 1 is 1.05 bits per heavy atom. The average Bonchev–Trinajstić information content (AvgIpc) is 2.81. The molecule has 0 atom stereocenters. The first-order chi connectivity index (χ1) is 9.65. The fraction of sp³-hybridized carbons (Fsp3) is 0.0667. The molecule has 0 bridgehead atoms. The molecule has 2 heterocycles. The summed E-state index contributed by atoms with van der Waals surface area (Å²) in [6, 6.07) is 12.1. The van der Waals surface area contributed by atoms with Gasteiger partial charge in [-0.25, -0.2) is 4.98 Å². The third-order valence-electron chi connectivity index (χ3n) is 2.86. The molecule has 0 aliphatic rings. The van der Waals surface area contributed by atoms with E-state index in [0.717, 1.165) is 30.9 Å². The minimum Gasteiger partial charge on any atom is -0.253 e. The van der Waals surface area contributed by atoms with Gasteiger partial charge in [-0.15, -0.1) is 11.3 Å². The van der Waals surface area contributed by atoms with Crippen LogP contribution in [-0.2, 0) is 0 Å². The van der Waals surface area contributed by atoms with Gasteiger partial charge in [-0.3, -0.25) is 4.98 Å². The summed E-state index contributed by atoms with van der Waals surface area (Å²) in [6.07, 6.45) is 1.79. The maximum atomic E-state index is 4.76. The van der Waals surface area contributed by atoms with E-state index in [0.29, 0.717) is 0 Å². The molecule has 0 spiro atoms. The molecule has 100 valence electrons. The number of benzene rings is 1. The normalized spacial score (nSPS) is 10.8. The zero-order chi connectivity index (χ0) is 14.1. The first-order valence-electron chi connectivity index (χ1n) is 5.99. The summed E-state index contributed by atoms with van der Waals surface area (Å²) in [6.45, 7) is 2.09. The van der Waals surface area contributed by atoms with E-state index >= 15 is 0 Å². The van der Waals surface area contributed by atoms with Gasteiger partial charge < -0.3 is 0 Å². The summed E-state index contributed by atoms with van der Waals surface area (Å²) < 4.78 is 2.03. The van der Waals surface area contributed by atoms with Gasteiger partial charge in [0, 0.05) is 25.6 Å². The van der Waals surface area contributed by atoms with Crippen molar-refractivity contribution >= 4 is 43.2 Å². The van der Waals surface area contributed by atoms with Gasteiger partial charge in [-0.1, -0.05) is 28.1 Å². The highest BCUT2D eigenvalue weighted by Crippen LogP contribution is 2.35. The molecule has 0 amide bonds. The minimum absolute atomic E-state index is 0.891. The molecule has 0 unspecified atom stereocenters. The van der Waals surface area contributed by atoms with Crippen molar-refractivity contribution in [1.29, 1.82) is 0 Å². The van der Waals surface area contributed by atoms with Crippen LogP contribution in [-0.4, -0.2) is 9.97 Å². The predicted molar refractivity (Wildman–Crippen MR) is 90.9 cm³/mol. The lowest BCUT2D eigenvalue weighted by Gasteiger charge is -1.99. The number of halogens is 2. The monoisotopic (exact) mass is 408 g/mol. The van der Waals surface area contributed by atoms with E-state index in [1.807, 2.05) is 24.3 Å². The van der Waals surface area contributed by atoms with Crippen LogP contribution in [0.3, 0.4) is 0 Å². The molecule has 5 heteroatoms. The lowest BCUT2D eigenvalue weighted by molar-refractivity contribution is 1.27. The van der Waals surface area contributed by atoms with Gasteiger partial charge in [-0.2, -0.15) is 0 Å². The van der Waals surface area contributed by atoms with Crippen LogP contribution in [0.4, 0.5) is 0 Å². The number of aryl methyl sites for hydroxylation is 1. The number of rotatable bonds is 2. The van der Waals surface area contributed by atoms with Gasteiger partial charge in [0.05, 0.1) is 5.69 Å². The van der Waals surface area contributed by atoms with Crippen molar-refractivity contribution in [1.82, 2.24) is 9.97 Å². The summed E-state index contributed by atoms with van der Waals surface area (Å²) in [5.41, 5.74) is 3.03. The summed E-state index contributed by atoms with van der Waals surface area (Å²) in [5, 5.41) is 0.935. The maximum absolute atomic E-state index is 4.76. The SMILES string of the molecule is Cc1sc(-c2ncccc2Br)nc1-c1cccc(Br)c1. The van der Waals surface area contributed by atoms with Crippen LogP contribution in [0, 0.1) is 6.92 Å². The Hall–Kier alpha value is -1.04. The Morgan fingerprint density at radius 2 is 1.90 bits per heavy atom. The molecule has 3 rings (SSSR count). The number of nitrogens with zero attached hydrogens (tertiary/aromatic N) is 2. The molecular formula is C15H10Br2N2S. The molecular weight excluding hydrogens is 400 g/mol. The van der Waals surface area contributed by atoms with E-state index in [9.17, 15) is 0 Å². The van der Waals surface area contributed by atoms with Crippen molar-refractivity contribution in [3.05, 3.63) is 56.4 Å². The molecule has 2 aromatic heterocycles. The van der Waals surface area contributed by atoms with Gasteiger partial charge in [0.2, 0.25) is 0 Å². The van der Waals surface area contributed by atoms with Gasteiger partial charge in [0.25, 0.3) is 0 Å². The second-order valence-corrected chi connectivity index (χ2v) is 7.24. The number of hydrogen-bond donors (Lipinski definition) is 0. The Labute approximate surface area is 138 Å². The van der Waals surface area contributed by atoms with Crippen molar-refractivity contribution < 1.29 is 0 Å². The number of thiazole rings is 1. The van der Waals surface area contributed by atoms with Crippen LogP contribution in [0.5, 0.6) is 0 Å². The second-order valence-electron chi connectivity index (χ2n) is 4.27. The van der Waals surface area contributed by atoms with Crippen molar-refractivity contribution in [2.75, 3.05) is 0 Å². The predicted octanol–water partition coefficient (Wildman–Crippen LogP) is 5.71. The fourth-order valence-corrected chi connectivity index (χ4v) is 3.86. The average molecular weight is 410 g/mol. The minimum atomic E-state index is 0.891. The zero-order valence-corrected chi connectivity index (χ0v) is 14.6. The highest BCUT2D eigenvalue weighted by Gasteiger charge is 2.14. The van der Waals surface area contributed by atoms with E-state index in [2.05, 4.69) is 55.9 Å². The quantitative estimate of drug-likeness (QED) is 0.542. The van der Waals surface area contributed by atoms with Crippen LogP contribution < -0.4 is 0 Å². The van der Waals surface area contributed by atoms with Crippen molar-refractivity contribution in [2.24, 2.45) is 0 Å². The van der Waals surface area contributed by atoms with Gasteiger partial charge in [0.1, 0.15) is 10.7 Å². The molecule has 0 aliphatic carbocycles. The highest BCUT2D eigenvalue weighted by molar-refractivity contribution is 9.10. The fourth-order valence-electron chi connectivity index (χ4n) is 1.94. The van der Waals surface area contributed by atoms with E-state index in [-0.39, 0.29) is 0 Å². The van der Waals surface area contributed by atoms with Crippen LogP contribution >= 0.6 is 43.2 Å².